The SMILES string of the molecule is Brc1ccccc1CNC1CC2CC=CC21. The van der Waals surface area contributed by atoms with Crippen LogP contribution in [0.15, 0.2) is 40.9 Å². The molecule has 2 heteroatoms. The molecule has 3 unspecified atom stereocenters. The molecule has 1 aromatic carbocycles. The predicted molar refractivity (Wildman–Crippen MR) is 70.1 cm³/mol. The van der Waals surface area contributed by atoms with Crippen molar-refractivity contribution in [3.05, 3.63) is 46.5 Å². The van der Waals surface area contributed by atoms with E-state index >= 15 is 0 Å². The Kier molecular flexibility index (Phi) is 2.86. The van der Waals surface area contributed by atoms with Gasteiger partial charge in [0.1, 0.15) is 0 Å². The Morgan fingerprint density at radius 3 is 3.00 bits per heavy atom. The Hall–Kier alpha value is -0.600. The molecular weight excluding hydrogens is 262 g/mol. The van der Waals surface area contributed by atoms with Crippen molar-refractivity contribution in [2.45, 2.75) is 25.4 Å². The fraction of sp³-hybridized carbons (Fsp3) is 0.429. The molecule has 0 aromatic heterocycles. The summed E-state index contributed by atoms with van der Waals surface area (Å²) in [5.41, 5.74) is 1.35. The second kappa shape index (κ2) is 4.34. The Labute approximate surface area is 105 Å². The molecule has 0 saturated heterocycles. The van der Waals surface area contributed by atoms with Gasteiger partial charge in [-0.25, -0.2) is 0 Å². The molecule has 2 aliphatic carbocycles. The lowest BCUT2D eigenvalue weighted by Gasteiger charge is -2.40. The predicted octanol–water partition coefficient (Wildman–Crippen LogP) is 3.50. The first-order chi connectivity index (χ1) is 7.84. The minimum Gasteiger partial charge on any atom is -0.309 e. The van der Waals surface area contributed by atoms with Crippen molar-refractivity contribution in [2.75, 3.05) is 0 Å². The van der Waals surface area contributed by atoms with Gasteiger partial charge in [0.05, 0.1) is 0 Å². The molecule has 1 N–H and O–H groups in total. The van der Waals surface area contributed by atoms with Crippen molar-refractivity contribution < 1.29 is 0 Å². The molecule has 1 saturated carbocycles. The number of hydrogen-bond acceptors (Lipinski definition) is 1. The molecule has 0 amide bonds. The smallest absolute Gasteiger partial charge is 0.0220 e. The average Bonchev–Trinajstić information content (AvgIpc) is 2.63. The van der Waals surface area contributed by atoms with Gasteiger partial charge in [-0.05, 0) is 36.3 Å². The highest BCUT2D eigenvalue weighted by Crippen LogP contribution is 2.42. The van der Waals surface area contributed by atoms with E-state index in [-0.39, 0.29) is 0 Å². The van der Waals surface area contributed by atoms with E-state index in [2.05, 4.69) is 57.7 Å². The fourth-order valence-electron chi connectivity index (χ4n) is 2.83. The Bertz CT molecular complexity index is 413. The monoisotopic (exact) mass is 277 g/mol. The van der Waals surface area contributed by atoms with E-state index in [0.717, 1.165) is 18.4 Å². The van der Waals surface area contributed by atoms with Crippen molar-refractivity contribution >= 4 is 15.9 Å². The Morgan fingerprint density at radius 2 is 2.19 bits per heavy atom. The first-order valence-electron chi connectivity index (χ1n) is 5.98. The molecule has 0 bridgehead atoms. The largest absolute Gasteiger partial charge is 0.309 e. The van der Waals surface area contributed by atoms with Crippen LogP contribution in [-0.2, 0) is 6.54 Å². The molecule has 3 atom stereocenters. The van der Waals surface area contributed by atoms with Crippen LogP contribution < -0.4 is 5.32 Å². The Morgan fingerprint density at radius 1 is 1.31 bits per heavy atom. The number of fused-ring (bicyclic) bond motifs is 1. The number of hydrogen-bond donors (Lipinski definition) is 1. The van der Waals surface area contributed by atoms with Crippen LogP contribution in [0.4, 0.5) is 0 Å². The topological polar surface area (TPSA) is 12.0 Å². The van der Waals surface area contributed by atoms with Gasteiger partial charge in [0.15, 0.2) is 0 Å². The first-order valence-corrected chi connectivity index (χ1v) is 6.77. The van der Waals surface area contributed by atoms with Gasteiger partial charge in [0, 0.05) is 17.1 Å². The van der Waals surface area contributed by atoms with E-state index in [9.17, 15) is 0 Å². The van der Waals surface area contributed by atoms with Crippen molar-refractivity contribution in [1.29, 1.82) is 0 Å². The minimum atomic E-state index is 0.704. The van der Waals surface area contributed by atoms with Crippen LogP contribution in [0.3, 0.4) is 0 Å². The highest BCUT2D eigenvalue weighted by molar-refractivity contribution is 9.10. The third-order valence-corrected chi connectivity index (χ3v) is 4.65. The van der Waals surface area contributed by atoms with Crippen molar-refractivity contribution in [3.63, 3.8) is 0 Å². The van der Waals surface area contributed by atoms with Crippen LogP contribution in [0.1, 0.15) is 18.4 Å². The maximum atomic E-state index is 3.67. The molecule has 2 aliphatic rings. The maximum absolute atomic E-state index is 3.67. The quantitative estimate of drug-likeness (QED) is 0.834. The molecular formula is C14H16BrN. The molecule has 0 spiro atoms. The standard InChI is InChI=1S/C14H16BrN/c15-13-7-2-1-4-11(13)9-16-14-8-10-5-3-6-12(10)14/h1-4,6-7,10,12,14,16H,5,8-9H2. The van der Waals surface area contributed by atoms with E-state index in [1.54, 1.807) is 0 Å². The van der Waals surface area contributed by atoms with Gasteiger partial charge >= 0.3 is 0 Å². The molecule has 0 aliphatic heterocycles. The van der Waals surface area contributed by atoms with Gasteiger partial charge in [-0.1, -0.05) is 46.3 Å². The third-order valence-electron chi connectivity index (χ3n) is 3.88. The summed E-state index contributed by atoms with van der Waals surface area (Å²) in [6.07, 6.45) is 7.39. The van der Waals surface area contributed by atoms with Crippen LogP contribution >= 0.6 is 15.9 Å². The number of nitrogens with one attached hydrogen (secondary N) is 1. The highest BCUT2D eigenvalue weighted by atomic mass is 79.9. The number of rotatable bonds is 3. The van der Waals surface area contributed by atoms with Crippen LogP contribution in [-0.4, -0.2) is 6.04 Å². The van der Waals surface area contributed by atoms with Gasteiger partial charge in [0.2, 0.25) is 0 Å². The van der Waals surface area contributed by atoms with Gasteiger partial charge in [0.25, 0.3) is 0 Å². The van der Waals surface area contributed by atoms with Gasteiger partial charge < -0.3 is 5.32 Å². The second-order valence-corrected chi connectivity index (χ2v) is 5.67. The summed E-state index contributed by atoms with van der Waals surface area (Å²) in [7, 11) is 0. The van der Waals surface area contributed by atoms with Crippen LogP contribution in [0.2, 0.25) is 0 Å². The number of allylic oxidation sites excluding steroid dienone is 1. The zero-order chi connectivity index (χ0) is 11.0. The lowest BCUT2D eigenvalue weighted by atomic mass is 9.71. The fourth-order valence-corrected chi connectivity index (χ4v) is 3.26. The van der Waals surface area contributed by atoms with Gasteiger partial charge in [-0.15, -0.1) is 0 Å². The summed E-state index contributed by atoms with van der Waals surface area (Å²) in [6, 6.07) is 9.15. The molecule has 1 fully saturated rings. The van der Waals surface area contributed by atoms with E-state index in [1.165, 1.54) is 22.9 Å². The van der Waals surface area contributed by atoms with E-state index < -0.39 is 0 Å². The third kappa shape index (κ3) is 1.85. The second-order valence-electron chi connectivity index (χ2n) is 4.82. The molecule has 3 rings (SSSR count). The van der Waals surface area contributed by atoms with Crippen molar-refractivity contribution in [3.8, 4) is 0 Å². The summed E-state index contributed by atoms with van der Waals surface area (Å²) in [5, 5.41) is 3.67. The van der Waals surface area contributed by atoms with Gasteiger partial charge in [-0.2, -0.15) is 0 Å². The molecule has 1 aromatic rings. The van der Waals surface area contributed by atoms with Crippen LogP contribution in [0, 0.1) is 11.8 Å². The van der Waals surface area contributed by atoms with E-state index in [4.69, 9.17) is 0 Å². The van der Waals surface area contributed by atoms with Crippen LogP contribution in [0.5, 0.6) is 0 Å². The lowest BCUT2D eigenvalue weighted by molar-refractivity contribution is 0.162. The molecule has 16 heavy (non-hydrogen) atoms. The summed E-state index contributed by atoms with van der Waals surface area (Å²) in [5.74, 6) is 1.75. The lowest BCUT2D eigenvalue weighted by Crippen LogP contribution is -2.47. The van der Waals surface area contributed by atoms with Crippen molar-refractivity contribution in [1.82, 2.24) is 5.32 Å². The first kappa shape index (κ1) is 10.5. The maximum Gasteiger partial charge on any atom is 0.0220 e. The van der Waals surface area contributed by atoms with E-state index in [0.29, 0.717) is 6.04 Å². The van der Waals surface area contributed by atoms with Crippen LogP contribution in [0.25, 0.3) is 0 Å². The highest BCUT2D eigenvalue weighted by Gasteiger charge is 2.40. The zero-order valence-corrected chi connectivity index (χ0v) is 10.8. The summed E-state index contributed by atoms with van der Waals surface area (Å²) < 4.78 is 1.21. The molecule has 0 heterocycles. The van der Waals surface area contributed by atoms with E-state index in [1.807, 2.05) is 0 Å². The summed E-state index contributed by atoms with van der Waals surface area (Å²) in [4.78, 5) is 0. The molecule has 84 valence electrons. The molecule has 0 radical (unpaired) electrons. The van der Waals surface area contributed by atoms with Gasteiger partial charge in [-0.3, -0.25) is 0 Å². The average molecular weight is 278 g/mol. The van der Waals surface area contributed by atoms with Crippen molar-refractivity contribution in [2.24, 2.45) is 11.8 Å². The molecule has 1 nitrogen and oxygen atoms in total. The normalized spacial score (nSPS) is 31.2. The number of benzene rings is 1. The number of halogens is 1. The summed E-state index contributed by atoms with van der Waals surface area (Å²) in [6.45, 7) is 0.975. The zero-order valence-electron chi connectivity index (χ0n) is 9.20. The summed E-state index contributed by atoms with van der Waals surface area (Å²) >= 11 is 3.59. The Balaban J connectivity index is 1.58. The minimum absolute atomic E-state index is 0.704.